The third-order valence-electron chi connectivity index (χ3n) is 3.14. The number of carbonyl (C=O) groups excluding carboxylic acids is 1. The largest absolute Gasteiger partial charge is 0.396 e. The molecule has 0 aromatic heterocycles. The molecule has 0 heterocycles. The van der Waals surface area contributed by atoms with Gasteiger partial charge in [-0.05, 0) is 40.3 Å². The standard InChI is InChI=1S/C14H19BrN2O4/c1-14(2,6-3-7-18)9-16-13(19)11-8-10(17(20)21)4-5-12(11)15/h4-5,8,18H,3,6-7,9H2,1-2H3,(H,16,19). The molecule has 2 N–H and O–H groups in total. The second kappa shape index (κ2) is 7.51. The number of aliphatic hydroxyl groups is 1. The number of nitro groups is 1. The lowest BCUT2D eigenvalue weighted by molar-refractivity contribution is -0.384. The van der Waals surface area contributed by atoms with Gasteiger partial charge >= 0.3 is 0 Å². The molecule has 0 saturated carbocycles. The molecular formula is C14H19BrN2O4. The van der Waals surface area contributed by atoms with Crippen molar-refractivity contribution in [3.05, 3.63) is 38.3 Å². The van der Waals surface area contributed by atoms with Crippen LogP contribution in [-0.4, -0.2) is 29.1 Å². The van der Waals surface area contributed by atoms with E-state index in [9.17, 15) is 14.9 Å². The zero-order chi connectivity index (χ0) is 16.0. The van der Waals surface area contributed by atoms with Crippen molar-refractivity contribution in [2.24, 2.45) is 5.41 Å². The molecule has 0 aliphatic rings. The predicted molar refractivity (Wildman–Crippen MR) is 83.2 cm³/mol. The fourth-order valence-corrected chi connectivity index (χ4v) is 2.29. The van der Waals surface area contributed by atoms with Gasteiger partial charge in [-0.15, -0.1) is 0 Å². The van der Waals surface area contributed by atoms with Crippen LogP contribution in [0.15, 0.2) is 22.7 Å². The quantitative estimate of drug-likeness (QED) is 0.578. The highest BCUT2D eigenvalue weighted by atomic mass is 79.9. The molecule has 0 saturated heterocycles. The summed E-state index contributed by atoms with van der Waals surface area (Å²) in [5, 5.41) is 22.4. The van der Waals surface area contributed by atoms with Gasteiger partial charge in [0.15, 0.2) is 0 Å². The molecule has 1 amide bonds. The smallest absolute Gasteiger partial charge is 0.270 e. The van der Waals surface area contributed by atoms with Gasteiger partial charge in [-0.2, -0.15) is 0 Å². The number of benzene rings is 1. The van der Waals surface area contributed by atoms with Gasteiger partial charge in [-0.1, -0.05) is 13.8 Å². The summed E-state index contributed by atoms with van der Waals surface area (Å²) in [7, 11) is 0. The van der Waals surface area contributed by atoms with Crippen molar-refractivity contribution < 1.29 is 14.8 Å². The molecule has 21 heavy (non-hydrogen) atoms. The Hall–Kier alpha value is -1.47. The third-order valence-corrected chi connectivity index (χ3v) is 3.84. The predicted octanol–water partition coefficient (Wildman–Crippen LogP) is 2.89. The fourth-order valence-electron chi connectivity index (χ4n) is 1.86. The number of carbonyl (C=O) groups is 1. The summed E-state index contributed by atoms with van der Waals surface area (Å²) in [5.74, 6) is -0.359. The maximum atomic E-state index is 12.1. The number of hydrogen-bond donors (Lipinski definition) is 2. The number of halogens is 1. The molecule has 7 heteroatoms. The van der Waals surface area contributed by atoms with Crippen LogP contribution in [0.5, 0.6) is 0 Å². The second-order valence-electron chi connectivity index (χ2n) is 5.60. The van der Waals surface area contributed by atoms with Crippen LogP contribution in [0.25, 0.3) is 0 Å². The average Bonchev–Trinajstić information content (AvgIpc) is 2.43. The highest BCUT2D eigenvalue weighted by molar-refractivity contribution is 9.10. The Kier molecular flexibility index (Phi) is 6.29. The fraction of sp³-hybridized carbons (Fsp3) is 0.500. The lowest BCUT2D eigenvalue weighted by atomic mass is 9.88. The van der Waals surface area contributed by atoms with Crippen LogP contribution in [0, 0.1) is 15.5 Å². The van der Waals surface area contributed by atoms with Gasteiger partial charge < -0.3 is 10.4 Å². The minimum atomic E-state index is -0.533. The van der Waals surface area contributed by atoms with E-state index in [2.05, 4.69) is 21.2 Å². The molecule has 0 atom stereocenters. The topological polar surface area (TPSA) is 92.5 Å². The monoisotopic (exact) mass is 358 g/mol. The summed E-state index contributed by atoms with van der Waals surface area (Å²) in [6.45, 7) is 4.53. The van der Waals surface area contributed by atoms with Crippen molar-refractivity contribution in [3.8, 4) is 0 Å². The van der Waals surface area contributed by atoms with Crippen LogP contribution in [0.3, 0.4) is 0 Å². The molecule has 0 fully saturated rings. The van der Waals surface area contributed by atoms with E-state index in [1.165, 1.54) is 18.2 Å². The van der Waals surface area contributed by atoms with Crippen LogP contribution in [0.2, 0.25) is 0 Å². The number of aliphatic hydroxyl groups excluding tert-OH is 1. The van der Waals surface area contributed by atoms with Crippen molar-refractivity contribution in [2.75, 3.05) is 13.2 Å². The molecule has 0 unspecified atom stereocenters. The number of hydrogen-bond acceptors (Lipinski definition) is 4. The summed E-state index contributed by atoms with van der Waals surface area (Å²) in [5.41, 5.74) is -0.0315. The van der Waals surface area contributed by atoms with Gasteiger partial charge in [-0.3, -0.25) is 14.9 Å². The lowest BCUT2D eigenvalue weighted by Crippen LogP contribution is -2.34. The van der Waals surface area contributed by atoms with Crippen LogP contribution >= 0.6 is 15.9 Å². The molecule has 0 aliphatic heterocycles. The Bertz CT molecular complexity index is 532. The van der Waals surface area contributed by atoms with Crippen LogP contribution in [0.4, 0.5) is 5.69 Å². The minimum Gasteiger partial charge on any atom is -0.396 e. The Labute approximate surface area is 131 Å². The van der Waals surface area contributed by atoms with E-state index >= 15 is 0 Å². The molecule has 1 aromatic rings. The molecule has 0 aliphatic carbocycles. The molecule has 0 bridgehead atoms. The van der Waals surface area contributed by atoms with Crippen molar-refractivity contribution in [1.82, 2.24) is 5.32 Å². The lowest BCUT2D eigenvalue weighted by Gasteiger charge is -2.24. The zero-order valence-electron chi connectivity index (χ0n) is 12.1. The first-order valence-electron chi connectivity index (χ1n) is 6.60. The number of non-ortho nitro benzene ring substituents is 1. The van der Waals surface area contributed by atoms with Crippen molar-refractivity contribution in [2.45, 2.75) is 26.7 Å². The van der Waals surface area contributed by atoms with Crippen LogP contribution in [0.1, 0.15) is 37.0 Å². The van der Waals surface area contributed by atoms with Gasteiger partial charge in [0.05, 0.1) is 10.5 Å². The maximum absolute atomic E-state index is 12.1. The van der Waals surface area contributed by atoms with Gasteiger partial charge in [-0.25, -0.2) is 0 Å². The average molecular weight is 359 g/mol. The Balaban J connectivity index is 2.76. The van der Waals surface area contributed by atoms with Gasteiger partial charge in [0.1, 0.15) is 0 Å². The molecule has 116 valence electrons. The number of amides is 1. The first kappa shape index (κ1) is 17.6. The van der Waals surface area contributed by atoms with E-state index < -0.39 is 4.92 Å². The molecule has 1 aromatic carbocycles. The van der Waals surface area contributed by atoms with Crippen molar-refractivity contribution in [1.29, 1.82) is 0 Å². The normalized spacial score (nSPS) is 11.2. The second-order valence-corrected chi connectivity index (χ2v) is 6.45. The number of rotatable bonds is 7. The molecule has 0 radical (unpaired) electrons. The van der Waals surface area contributed by atoms with E-state index in [0.29, 0.717) is 17.4 Å². The van der Waals surface area contributed by atoms with E-state index in [4.69, 9.17) is 5.11 Å². The van der Waals surface area contributed by atoms with Crippen LogP contribution in [-0.2, 0) is 0 Å². The summed E-state index contributed by atoms with van der Waals surface area (Å²) < 4.78 is 0.513. The summed E-state index contributed by atoms with van der Waals surface area (Å²) in [4.78, 5) is 22.4. The number of nitro benzene ring substituents is 1. The van der Waals surface area contributed by atoms with E-state index in [0.717, 1.165) is 6.42 Å². The Morgan fingerprint density at radius 1 is 1.48 bits per heavy atom. The maximum Gasteiger partial charge on any atom is 0.270 e. The van der Waals surface area contributed by atoms with Gasteiger partial charge in [0.25, 0.3) is 11.6 Å². The number of nitrogens with one attached hydrogen (secondary N) is 1. The summed E-state index contributed by atoms with van der Waals surface area (Å²) in [6.07, 6.45) is 1.45. The van der Waals surface area contributed by atoms with E-state index in [1.54, 1.807) is 0 Å². The number of nitrogens with zero attached hydrogens (tertiary/aromatic N) is 1. The summed E-state index contributed by atoms with van der Waals surface area (Å²) in [6, 6.07) is 4.08. The molecule has 1 rings (SSSR count). The Morgan fingerprint density at radius 2 is 2.14 bits per heavy atom. The van der Waals surface area contributed by atoms with Gasteiger partial charge in [0.2, 0.25) is 0 Å². The molecule has 0 spiro atoms. The zero-order valence-corrected chi connectivity index (χ0v) is 13.6. The molecule has 6 nitrogen and oxygen atoms in total. The Morgan fingerprint density at radius 3 is 2.71 bits per heavy atom. The third kappa shape index (κ3) is 5.43. The minimum absolute atomic E-state index is 0.119. The van der Waals surface area contributed by atoms with Gasteiger partial charge in [0, 0.05) is 29.8 Å². The SMILES string of the molecule is CC(C)(CCCO)CNC(=O)c1cc([N+](=O)[O-])ccc1Br. The first-order chi connectivity index (χ1) is 9.76. The molecular weight excluding hydrogens is 340 g/mol. The summed E-state index contributed by atoms with van der Waals surface area (Å²) >= 11 is 3.23. The highest BCUT2D eigenvalue weighted by Crippen LogP contribution is 2.24. The van der Waals surface area contributed by atoms with Crippen molar-refractivity contribution in [3.63, 3.8) is 0 Å². The van der Waals surface area contributed by atoms with E-state index in [1.807, 2.05) is 13.8 Å². The highest BCUT2D eigenvalue weighted by Gasteiger charge is 2.20. The first-order valence-corrected chi connectivity index (χ1v) is 7.39. The van der Waals surface area contributed by atoms with Crippen LogP contribution < -0.4 is 5.32 Å². The van der Waals surface area contributed by atoms with E-state index in [-0.39, 0.29) is 29.2 Å². The van der Waals surface area contributed by atoms with Crippen molar-refractivity contribution >= 4 is 27.5 Å².